The Bertz CT molecular complexity index is 1180. The third-order valence-corrected chi connectivity index (χ3v) is 8.48. The molecule has 1 amide bonds. The normalized spacial score (nSPS) is 23.4. The Labute approximate surface area is 201 Å². The van der Waals surface area contributed by atoms with Crippen LogP contribution in [0.3, 0.4) is 0 Å². The highest BCUT2D eigenvalue weighted by Crippen LogP contribution is 2.54. The maximum Gasteiger partial charge on any atom is 0.258 e. The lowest BCUT2D eigenvalue weighted by Gasteiger charge is -2.35. The Balaban J connectivity index is 1.39. The summed E-state index contributed by atoms with van der Waals surface area (Å²) in [5.74, 6) is 1.06. The Morgan fingerprint density at radius 1 is 1.15 bits per heavy atom. The van der Waals surface area contributed by atoms with Crippen molar-refractivity contribution in [2.75, 3.05) is 54.2 Å². The van der Waals surface area contributed by atoms with E-state index in [0.717, 1.165) is 50.5 Å². The monoisotopic (exact) mass is 483 g/mol. The number of nitrogens with zero attached hydrogens (tertiary/aromatic N) is 3. The third kappa shape index (κ3) is 4.90. The summed E-state index contributed by atoms with van der Waals surface area (Å²) in [5, 5.41) is 2.96. The van der Waals surface area contributed by atoms with Crippen LogP contribution in [0.25, 0.3) is 0 Å². The van der Waals surface area contributed by atoms with E-state index in [1.165, 1.54) is 19.1 Å². The van der Waals surface area contributed by atoms with Gasteiger partial charge in [0.1, 0.15) is 11.6 Å². The standard InChI is InChI=1S/C25H33N5O3S/c1-18-17-30(14-15-33-18)23-5-3-4-22(27-23)28-24(31)20-7-6-19(34(2,26)32)16-21(20)29-12-10-25(8-9-25)11-13-29/h3-7,16,18,26H,8-15,17H2,1-2H3,(H,27,28,31)/t18-,34-/m1/s1. The molecule has 0 radical (unpaired) electrons. The smallest absolute Gasteiger partial charge is 0.258 e. The summed E-state index contributed by atoms with van der Waals surface area (Å²) in [7, 11) is -2.88. The van der Waals surface area contributed by atoms with Crippen molar-refractivity contribution in [3.05, 3.63) is 42.0 Å². The average molecular weight is 484 g/mol. The number of rotatable bonds is 5. The van der Waals surface area contributed by atoms with Crippen molar-refractivity contribution in [1.29, 1.82) is 4.78 Å². The molecule has 2 saturated heterocycles. The molecule has 2 aromatic rings. The van der Waals surface area contributed by atoms with E-state index in [1.54, 1.807) is 24.3 Å². The molecule has 1 saturated carbocycles. The Kier molecular flexibility index (Phi) is 6.02. The van der Waals surface area contributed by atoms with Crippen LogP contribution >= 0.6 is 0 Å². The number of nitrogens with one attached hydrogen (secondary N) is 2. The Morgan fingerprint density at radius 3 is 2.59 bits per heavy atom. The number of anilines is 3. The van der Waals surface area contributed by atoms with E-state index < -0.39 is 9.73 Å². The van der Waals surface area contributed by atoms with Crippen LogP contribution in [0.5, 0.6) is 0 Å². The van der Waals surface area contributed by atoms with Gasteiger partial charge in [0.05, 0.1) is 33.7 Å². The van der Waals surface area contributed by atoms with E-state index in [0.29, 0.717) is 28.3 Å². The summed E-state index contributed by atoms with van der Waals surface area (Å²) < 4.78 is 26.1. The van der Waals surface area contributed by atoms with Gasteiger partial charge in [-0.3, -0.25) is 4.79 Å². The third-order valence-electron chi connectivity index (χ3n) is 7.33. The molecular weight excluding hydrogens is 450 g/mol. The highest BCUT2D eigenvalue weighted by Gasteiger charge is 2.44. The van der Waals surface area contributed by atoms with Gasteiger partial charge in [-0.25, -0.2) is 14.0 Å². The topological polar surface area (TPSA) is 98.6 Å². The van der Waals surface area contributed by atoms with Gasteiger partial charge in [0, 0.05) is 37.3 Å². The molecule has 2 N–H and O–H groups in total. The fraction of sp³-hybridized carbons (Fsp3) is 0.520. The maximum atomic E-state index is 13.4. The highest BCUT2D eigenvalue weighted by molar-refractivity contribution is 7.91. The molecule has 0 bridgehead atoms. The Morgan fingerprint density at radius 2 is 1.91 bits per heavy atom. The molecule has 3 fully saturated rings. The molecule has 1 spiro atoms. The maximum absolute atomic E-state index is 13.4. The molecule has 1 aromatic heterocycles. The van der Waals surface area contributed by atoms with Crippen molar-refractivity contribution < 1.29 is 13.7 Å². The zero-order valence-electron chi connectivity index (χ0n) is 19.9. The minimum absolute atomic E-state index is 0.139. The van der Waals surface area contributed by atoms with Gasteiger partial charge in [-0.2, -0.15) is 0 Å². The van der Waals surface area contributed by atoms with Gasteiger partial charge in [0.15, 0.2) is 0 Å². The number of morpholine rings is 1. The molecule has 182 valence electrons. The number of piperidine rings is 1. The highest BCUT2D eigenvalue weighted by atomic mass is 32.2. The van der Waals surface area contributed by atoms with Crippen LogP contribution in [0.2, 0.25) is 0 Å². The number of hydrogen-bond donors (Lipinski definition) is 2. The summed E-state index contributed by atoms with van der Waals surface area (Å²) in [6.45, 7) is 5.96. The first-order valence-electron chi connectivity index (χ1n) is 12.0. The molecule has 9 heteroatoms. The van der Waals surface area contributed by atoms with Crippen LogP contribution in [-0.2, 0) is 14.5 Å². The molecule has 34 heavy (non-hydrogen) atoms. The van der Waals surface area contributed by atoms with Crippen molar-refractivity contribution in [2.24, 2.45) is 5.41 Å². The van der Waals surface area contributed by atoms with Crippen LogP contribution < -0.4 is 15.1 Å². The quantitative estimate of drug-likeness (QED) is 0.668. The van der Waals surface area contributed by atoms with Crippen LogP contribution in [0.1, 0.15) is 43.0 Å². The number of ether oxygens (including phenoxy) is 1. The summed E-state index contributed by atoms with van der Waals surface area (Å²) in [4.78, 5) is 22.9. The van der Waals surface area contributed by atoms with Gasteiger partial charge in [-0.05, 0) is 68.4 Å². The minimum Gasteiger partial charge on any atom is -0.375 e. The van der Waals surface area contributed by atoms with Gasteiger partial charge in [-0.1, -0.05) is 6.07 Å². The lowest BCUT2D eigenvalue weighted by molar-refractivity contribution is 0.0529. The lowest BCUT2D eigenvalue weighted by atomic mass is 9.93. The van der Waals surface area contributed by atoms with Gasteiger partial charge in [-0.15, -0.1) is 0 Å². The molecule has 3 heterocycles. The van der Waals surface area contributed by atoms with Crippen molar-refractivity contribution in [2.45, 2.75) is 43.6 Å². The second-order valence-electron chi connectivity index (χ2n) is 9.97. The average Bonchev–Trinajstić information content (AvgIpc) is 3.57. The van der Waals surface area contributed by atoms with Crippen molar-refractivity contribution in [3.8, 4) is 0 Å². The van der Waals surface area contributed by atoms with Crippen LogP contribution in [0.4, 0.5) is 17.3 Å². The van der Waals surface area contributed by atoms with Crippen molar-refractivity contribution in [1.82, 2.24) is 4.98 Å². The summed E-state index contributed by atoms with van der Waals surface area (Å²) in [6, 6.07) is 10.7. The first kappa shape index (κ1) is 23.1. The largest absolute Gasteiger partial charge is 0.375 e. The van der Waals surface area contributed by atoms with Gasteiger partial charge in [0.2, 0.25) is 0 Å². The fourth-order valence-corrected chi connectivity index (χ4v) is 5.65. The molecular formula is C25H33N5O3S. The van der Waals surface area contributed by atoms with E-state index in [4.69, 9.17) is 9.52 Å². The fourth-order valence-electron chi connectivity index (χ4n) is 4.99. The van der Waals surface area contributed by atoms with E-state index in [9.17, 15) is 9.00 Å². The van der Waals surface area contributed by atoms with E-state index in [1.807, 2.05) is 19.1 Å². The number of benzene rings is 1. The number of amides is 1. The molecule has 8 nitrogen and oxygen atoms in total. The number of hydrogen-bond acceptors (Lipinski definition) is 7. The molecule has 1 aromatic carbocycles. The molecule has 2 aliphatic heterocycles. The first-order chi connectivity index (χ1) is 16.2. The van der Waals surface area contributed by atoms with Gasteiger partial charge in [0.25, 0.3) is 5.91 Å². The second-order valence-corrected chi connectivity index (χ2v) is 12.1. The molecule has 1 aliphatic carbocycles. The lowest BCUT2D eigenvalue weighted by Crippen LogP contribution is -2.41. The van der Waals surface area contributed by atoms with Crippen LogP contribution in [-0.4, -0.2) is 60.2 Å². The van der Waals surface area contributed by atoms with E-state index in [2.05, 4.69) is 20.1 Å². The number of pyridine rings is 1. The van der Waals surface area contributed by atoms with E-state index in [-0.39, 0.29) is 12.0 Å². The van der Waals surface area contributed by atoms with Crippen LogP contribution in [0, 0.1) is 10.2 Å². The molecule has 0 unspecified atom stereocenters. The predicted molar refractivity (Wildman–Crippen MR) is 134 cm³/mol. The summed E-state index contributed by atoms with van der Waals surface area (Å²) in [5.41, 5.74) is 1.78. The number of carbonyl (C=O) groups is 1. The number of aromatic nitrogens is 1. The molecule has 2 atom stereocenters. The Hall–Kier alpha value is -2.65. The van der Waals surface area contributed by atoms with Gasteiger partial charge < -0.3 is 19.9 Å². The summed E-state index contributed by atoms with van der Waals surface area (Å²) in [6.07, 6.45) is 6.38. The minimum atomic E-state index is -2.88. The van der Waals surface area contributed by atoms with Crippen LogP contribution in [0.15, 0.2) is 41.3 Å². The first-order valence-corrected chi connectivity index (χ1v) is 14.0. The molecule has 3 aliphatic rings. The predicted octanol–water partition coefficient (Wildman–Crippen LogP) is 3.97. The zero-order valence-corrected chi connectivity index (χ0v) is 20.7. The number of carbonyl (C=O) groups excluding carboxylic acids is 1. The second kappa shape index (κ2) is 8.85. The van der Waals surface area contributed by atoms with Crippen molar-refractivity contribution >= 4 is 33.0 Å². The van der Waals surface area contributed by atoms with Crippen molar-refractivity contribution in [3.63, 3.8) is 0 Å². The SMILES string of the molecule is C[C@@H]1CN(c2cccc(NC(=O)c3ccc([S@](C)(=N)=O)cc3N3CCC4(CC3)CC4)n2)CCO1. The zero-order chi connectivity index (χ0) is 23.9. The van der Waals surface area contributed by atoms with Gasteiger partial charge >= 0.3 is 0 Å². The molecule has 5 rings (SSSR count). The van der Waals surface area contributed by atoms with E-state index >= 15 is 0 Å². The summed E-state index contributed by atoms with van der Waals surface area (Å²) >= 11 is 0.